The van der Waals surface area contributed by atoms with E-state index in [0.717, 1.165) is 44.0 Å². The van der Waals surface area contributed by atoms with Crippen LogP contribution < -0.4 is 0 Å². The summed E-state index contributed by atoms with van der Waals surface area (Å²) < 4.78 is 2.01. The van der Waals surface area contributed by atoms with Crippen LogP contribution in [0.5, 0.6) is 0 Å². The summed E-state index contributed by atoms with van der Waals surface area (Å²) in [6.45, 7) is 2.28. The van der Waals surface area contributed by atoms with Gasteiger partial charge in [0, 0.05) is 12.5 Å². The minimum Gasteiger partial charge on any atom is -0.396 e. The maximum atomic E-state index is 9.37. The number of aliphatic hydroxyl groups is 1. The molecule has 5 nitrogen and oxygen atoms in total. The Hall–Kier alpha value is -0.940. The Morgan fingerprint density at radius 1 is 1.29 bits per heavy atom. The number of hydrogen-bond donors (Lipinski definition) is 1. The molecule has 0 radical (unpaired) electrons. The zero-order valence-corrected chi connectivity index (χ0v) is 10.3. The molecule has 1 aromatic heterocycles. The second-order valence-electron chi connectivity index (χ2n) is 5.21. The zero-order valence-electron chi connectivity index (χ0n) is 10.3. The van der Waals surface area contributed by atoms with Gasteiger partial charge < -0.3 is 5.11 Å². The van der Waals surface area contributed by atoms with E-state index in [1.165, 1.54) is 6.42 Å². The summed E-state index contributed by atoms with van der Waals surface area (Å²) in [5.74, 6) is 2.14. The molecule has 2 atom stereocenters. The average Bonchev–Trinajstić information content (AvgIpc) is 2.93. The maximum absolute atomic E-state index is 9.37. The Labute approximate surface area is 101 Å². The van der Waals surface area contributed by atoms with Crippen LogP contribution in [-0.2, 0) is 6.54 Å². The van der Waals surface area contributed by atoms with Crippen molar-refractivity contribution < 1.29 is 5.11 Å². The van der Waals surface area contributed by atoms with Gasteiger partial charge in [0.1, 0.15) is 5.82 Å². The van der Waals surface area contributed by atoms with Gasteiger partial charge in [-0.15, -0.1) is 0 Å². The molecule has 0 bridgehead atoms. The van der Waals surface area contributed by atoms with Crippen molar-refractivity contribution >= 4 is 0 Å². The van der Waals surface area contributed by atoms with E-state index in [1.807, 2.05) is 4.68 Å². The monoisotopic (exact) mass is 236 g/mol. The Balaban J connectivity index is 1.90. The minimum absolute atomic E-state index is 0.191. The third-order valence-corrected chi connectivity index (χ3v) is 4.04. The molecule has 0 spiro atoms. The van der Waals surface area contributed by atoms with Crippen LogP contribution in [0, 0.1) is 0 Å². The van der Waals surface area contributed by atoms with Crippen molar-refractivity contribution in [3.63, 3.8) is 0 Å². The van der Waals surface area contributed by atoms with Gasteiger partial charge in [-0.05, 0) is 39.3 Å². The van der Waals surface area contributed by atoms with E-state index in [2.05, 4.69) is 22.0 Å². The normalized spacial score (nSPS) is 29.5. The topological polar surface area (TPSA) is 54.2 Å². The third kappa shape index (κ3) is 1.87. The fourth-order valence-electron chi connectivity index (χ4n) is 3.01. The highest BCUT2D eigenvalue weighted by atomic mass is 16.3. The first-order valence-corrected chi connectivity index (χ1v) is 6.55. The molecule has 1 aromatic rings. The minimum atomic E-state index is 0.191. The third-order valence-electron chi connectivity index (χ3n) is 4.04. The summed E-state index contributed by atoms with van der Waals surface area (Å²) in [6.07, 6.45) is 4.52. The number of aromatic nitrogens is 3. The van der Waals surface area contributed by atoms with Crippen molar-refractivity contribution in [1.82, 2.24) is 19.7 Å². The van der Waals surface area contributed by atoms with Crippen LogP contribution in [0.25, 0.3) is 0 Å². The summed E-state index contributed by atoms with van der Waals surface area (Å²) in [5, 5.41) is 14.0. The number of aliphatic hydroxyl groups excluding tert-OH is 1. The summed E-state index contributed by atoms with van der Waals surface area (Å²) in [5.41, 5.74) is 0. The number of aryl methyl sites for hydroxylation is 1. The molecule has 3 rings (SSSR count). The van der Waals surface area contributed by atoms with Gasteiger partial charge in [-0.2, -0.15) is 5.10 Å². The smallest absolute Gasteiger partial charge is 0.168 e. The van der Waals surface area contributed by atoms with Crippen LogP contribution in [0.2, 0.25) is 0 Å². The van der Waals surface area contributed by atoms with Gasteiger partial charge in [0.05, 0.1) is 12.6 Å². The number of hydrogen-bond acceptors (Lipinski definition) is 4. The predicted molar refractivity (Wildman–Crippen MR) is 63.7 cm³/mol. The highest BCUT2D eigenvalue weighted by Gasteiger charge is 2.30. The number of likely N-dealkylation sites (tertiary alicyclic amines) is 1. The van der Waals surface area contributed by atoms with Gasteiger partial charge in [0.25, 0.3) is 0 Å². The van der Waals surface area contributed by atoms with Crippen molar-refractivity contribution in [2.75, 3.05) is 20.2 Å². The van der Waals surface area contributed by atoms with Gasteiger partial charge in [-0.1, -0.05) is 0 Å². The standard InChI is InChI=1S/C12H20N4O/c1-15-6-3-5-10(15)11-13-12-9(8-17)4-2-7-16(12)14-11/h9-10,17H,2-8H2,1H3. The van der Waals surface area contributed by atoms with Gasteiger partial charge >= 0.3 is 0 Å². The SMILES string of the molecule is CN1CCCC1c1nc2n(n1)CCCC2CO. The molecule has 0 saturated carbocycles. The lowest BCUT2D eigenvalue weighted by molar-refractivity contribution is 0.234. The molecule has 0 amide bonds. The lowest BCUT2D eigenvalue weighted by Crippen LogP contribution is -2.19. The molecule has 2 aliphatic heterocycles. The van der Waals surface area contributed by atoms with Crippen molar-refractivity contribution in [2.24, 2.45) is 0 Å². The summed E-state index contributed by atoms with van der Waals surface area (Å²) in [4.78, 5) is 7.01. The fourth-order valence-corrected chi connectivity index (χ4v) is 3.01. The Kier molecular flexibility index (Phi) is 2.88. The number of nitrogens with zero attached hydrogens (tertiary/aromatic N) is 4. The molecule has 0 aliphatic carbocycles. The van der Waals surface area contributed by atoms with Crippen molar-refractivity contribution in [2.45, 2.75) is 44.2 Å². The molecular weight excluding hydrogens is 216 g/mol. The van der Waals surface area contributed by atoms with E-state index in [0.29, 0.717) is 6.04 Å². The largest absolute Gasteiger partial charge is 0.396 e. The molecule has 1 N–H and O–H groups in total. The van der Waals surface area contributed by atoms with E-state index in [9.17, 15) is 5.11 Å². The van der Waals surface area contributed by atoms with E-state index >= 15 is 0 Å². The van der Waals surface area contributed by atoms with Gasteiger partial charge in [-0.3, -0.25) is 4.90 Å². The second kappa shape index (κ2) is 4.38. The van der Waals surface area contributed by atoms with Crippen LogP contribution in [-0.4, -0.2) is 45.0 Å². The van der Waals surface area contributed by atoms with Crippen LogP contribution in [0.1, 0.15) is 49.3 Å². The molecular formula is C12H20N4O. The second-order valence-corrected chi connectivity index (χ2v) is 5.21. The van der Waals surface area contributed by atoms with Crippen LogP contribution in [0.4, 0.5) is 0 Å². The summed E-state index contributed by atoms with van der Waals surface area (Å²) in [6, 6.07) is 0.382. The molecule has 3 heterocycles. The van der Waals surface area contributed by atoms with Gasteiger partial charge in [0.2, 0.25) is 0 Å². The summed E-state index contributed by atoms with van der Waals surface area (Å²) in [7, 11) is 2.14. The molecule has 94 valence electrons. The molecule has 1 fully saturated rings. The highest BCUT2D eigenvalue weighted by Crippen LogP contribution is 2.31. The molecule has 2 unspecified atom stereocenters. The number of rotatable bonds is 2. The van der Waals surface area contributed by atoms with Gasteiger partial charge in [-0.25, -0.2) is 9.67 Å². The molecule has 1 saturated heterocycles. The van der Waals surface area contributed by atoms with Crippen molar-refractivity contribution in [3.05, 3.63) is 11.6 Å². The van der Waals surface area contributed by atoms with Crippen molar-refractivity contribution in [3.8, 4) is 0 Å². The van der Waals surface area contributed by atoms with Crippen LogP contribution >= 0.6 is 0 Å². The predicted octanol–water partition coefficient (Wildman–Crippen LogP) is 0.914. The first-order valence-electron chi connectivity index (χ1n) is 6.55. The van der Waals surface area contributed by atoms with Crippen LogP contribution in [0.15, 0.2) is 0 Å². The van der Waals surface area contributed by atoms with Crippen molar-refractivity contribution in [1.29, 1.82) is 0 Å². The quantitative estimate of drug-likeness (QED) is 0.829. The Morgan fingerprint density at radius 2 is 2.12 bits per heavy atom. The van der Waals surface area contributed by atoms with E-state index < -0.39 is 0 Å². The maximum Gasteiger partial charge on any atom is 0.168 e. The van der Waals surface area contributed by atoms with E-state index in [-0.39, 0.29) is 12.5 Å². The lowest BCUT2D eigenvalue weighted by atomic mass is 10.0. The fraction of sp³-hybridized carbons (Fsp3) is 0.833. The average molecular weight is 236 g/mol. The Bertz CT molecular complexity index is 403. The molecule has 2 aliphatic rings. The first-order chi connectivity index (χ1) is 8.29. The molecule has 5 heteroatoms. The zero-order chi connectivity index (χ0) is 11.8. The first kappa shape index (κ1) is 11.2. The van der Waals surface area contributed by atoms with Gasteiger partial charge in [0.15, 0.2) is 5.82 Å². The molecule has 17 heavy (non-hydrogen) atoms. The Morgan fingerprint density at radius 3 is 2.82 bits per heavy atom. The van der Waals surface area contributed by atoms with E-state index in [1.54, 1.807) is 0 Å². The summed E-state index contributed by atoms with van der Waals surface area (Å²) >= 11 is 0. The van der Waals surface area contributed by atoms with Crippen LogP contribution in [0.3, 0.4) is 0 Å². The molecule has 0 aromatic carbocycles. The lowest BCUT2D eigenvalue weighted by Gasteiger charge is -2.19. The number of fused-ring (bicyclic) bond motifs is 1. The highest BCUT2D eigenvalue weighted by molar-refractivity contribution is 5.07. The van der Waals surface area contributed by atoms with E-state index in [4.69, 9.17) is 0 Å².